The predicted molar refractivity (Wildman–Crippen MR) is 126 cm³/mol. The Morgan fingerprint density at radius 2 is 2.06 bits per heavy atom. The number of alkyl halides is 3. The molecule has 182 valence electrons. The van der Waals surface area contributed by atoms with E-state index < -0.39 is 11.6 Å². The molecule has 0 atom stereocenters. The number of amides is 1. The van der Waals surface area contributed by atoms with Crippen LogP contribution in [0.4, 0.5) is 24.8 Å². The Morgan fingerprint density at radius 3 is 2.81 bits per heavy atom. The van der Waals surface area contributed by atoms with Crippen molar-refractivity contribution in [2.24, 2.45) is 5.41 Å². The van der Waals surface area contributed by atoms with Crippen LogP contribution in [0, 0.1) is 5.41 Å². The molecule has 1 fully saturated rings. The minimum Gasteiger partial charge on any atom is -0.353 e. The Labute approximate surface area is 201 Å². The van der Waals surface area contributed by atoms with Crippen LogP contribution >= 0.6 is 0 Å². The molecule has 1 saturated carbocycles. The third-order valence-electron chi connectivity index (χ3n) is 6.47. The third-order valence-corrected chi connectivity index (χ3v) is 6.47. The fraction of sp³-hybridized carbons (Fsp3) is 0.208. The van der Waals surface area contributed by atoms with Gasteiger partial charge in [-0.1, -0.05) is 0 Å². The van der Waals surface area contributed by atoms with Crippen LogP contribution in [0.2, 0.25) is 0 Å². The molecule has 0 radical (unpaired) electrons. The van der Waals surface area contributed by atoms with Gasteiger partial charge < -0.3 is 15.6 Å². The highest BCUT2D eigenvalue weighted by Gasteiger charge is 2.62. The molecular weight excluding hydrogens is 473 g/mol. The minimum atomic E-state index is -4.25. The number of nitrogens with zero attached hydrogens (tertiary/aromatic N) is 5. The first-order chi connectivity index (χ1) is 17.3. The lowest BCUT2D eigenvalue weighted by molar-refractivity contribution is -0.182. The van der Waals surface area contributed by atoms with Gasteiger partial charge in [0.2, 0.25) is 5.95 Å². The molecule has 5 aromatic rings. The number of halogens is 3. The first-order valence-corrected chi connectivity index (χ1v) is 11.2. The monoisotopic (exact) mass is 492 g/mol. The van der Waals surface area contributed by atoms with Crippen molar-refractivity contribution in [3.63, 3.8) is 0 Å². The molecule has 3 N–H and O–H groups in total. The molecule has 0 bridgehead atoms. The fourth-order valence-electron chi connectivity index (χ4n) is 4.15. The summed E-state index contributed by atoms with van der Waals surface area (Å²) in [7, 11) is 0. The van der Waals surface area contributed by atoms with Gasteiger partial charge in [-0.3, -0.25) is 9.78 Å². The van der Waals surface area contributed by atoms with Gasteiger partial charge >= 0.3 is 6.18 Å². The van der Waals surface area contributed by atoms with E-state index in [0.29, 0.717) is 27.8 Å². The van der Waals surface area contributed by atoms with Gasteiger partial charge in [-0.05, 0) is 42.7 Å². The highest BCUT2D eigenvalue weighted by Crippen LogP contribution is 2.57. The summed E-state index contributed by atoms with van der Waals surface area (Å²) < 4.78 is 41.2. The Balaban J connectivity index is 1.27. The molecule has 12 heteroatoms. The van der Waals surface area contributed by atoms with E-state index >= 15 is 0 Å². The number of carbonyl (C=O) groups excluding carboxylic acids is 1. The average Bonchev–Trinajstić information content (AvgIpc) is 3.38. The van der Waals surface area contributed by atoms with Crippen molar-refractivity contribution in [3.8, 4) is 11.1 Å². The number of anilines is 2. The van der Waals surface area contributed by atoms with E-state index in [9.17, 15) is 18.0 Å². The summed E-state index contributed by atoms with van der Waals surface area (Å²) >= 11 is 0. The zero-order chi connectivity index (χ0) is 24.9. The maximum atomic E-state index is 13.2. The molecule has 0 unspecified atom stereocenters. The summed E-state index contributed by atoms with van der Waals surface area (Å²) in [6, 6.07) is 7.15. The van der Waals surface area contributed by atoms with Gasteiger partial charge in [0.25, 0.3) is 5.91 Å². The first-order valence-electron chi connectivity index (χ1n) is 11.2. The van der Waals surface area contributed by atoms with Crippen LogP contribution in [0.1, 0.15) is 23.2 Å². The van der Waals surface area contributed by atoms with Crippen molar-refractivity contribution in [2.45, 2.75) is 19.0 Å². The Morgan fingerprint density at radius 1 is 1.19 bits per heavy atom. The Kier molecular flexibility index (Phi) is 4.92. The summed E-state index contributed by atoms with van der Waals surface area (Å²) in [5.41, 5.74) is 1.94. The second-order valence-corrected chi connectivity index (χ2v) is 8.79. The van der Waals surface area contributed by atoms with Gasteiger partial charge in [0.15, 0.2) is 0 Å². The first kappa shape index (κ1) is 22.0. The summed E-state index contributed by atoms with van der Waals surface area (Å²) in [5.74, 6) is -0.188. The summed E-state index contributed by atoms with van der Waals surface area (Å²) in [5, 5.41) is 10.5. The number of rotatable bonds is 6. The van der Waals surface area contributed by atoms with Gasteiger partial charge in [-0.2, -0.15) is 23.3 Å². The highest BCUT2D eigenvalue weighted by atomic mass is 19.4. The quantitative estimate of drug-likeness (QED) is 0.317. The predicted octanol–water partition coefficient (Wildman–Crippen LogP) is 4.67. The number of pyridine rings is 2. The van der Waals surface area contributed by atoms with Crippen molar-refractivity contribution in [3.05, 3.63) is 67.0 Å². The summed E-state index contributed by atoms with van der Waals surface area (Å²) in [4.78, 5) is 28.5. The molecule has 1 amide bonds. The Hall–Kier alpha value is -4.48. The van der Waals surface area contributed by atoms with E-state index in [2.05, 4.69) is 35.7 Å². The number of aromatic nitrogens is 6. The molecule has 36 heavy (non-hydrogen) atoms. The lowest BCUT2D eigenvalue weighted by atomic mass is 10.1. The summed E-state index contributed by atoms with van der Waals surface area (Å²) in [6.45, 7) is -0.253. The molecular formula is C24H19F3N8O. The molecule has 0 aliphatic heterocycles. The summed E-state index contributed by atoms with van der Waals surface area (Å²) in [6.07, 6.45) is 5.70. The topological polar surface area (TPSA) is 113 Å². The minimum absolute atomic E-state index is 0.109. The molecule has 0 spiro atoms. The Bertz CT molecular complexity index is 1590. The van der Waals surface area contributed by atoms with Crippen molar-refractivity contribution in [1.29, 1.82) is 0 Å². The second kappa shape index (κ2) is 8.04. The average molecular weight is 492 g/mol. The van der Waals surface area contributed by atoms with Crippen LogP contribution in [0.3, 0.4) is 0 Å². The third kappa shape index (κ3) is 3.80. The number of hydrogen-bond donors (Lipinski definition) is 3. The number of nitrogens with one attached hydrogen (secondary N) is 3. The highest BCUT2D eigenvalue weighted by molar-refractivity contribution is 6.09. The molecule has 0 aromatic carbocycles. The number of H-pyrrole nitrogens is 1. The number of fused-ring (bicyclic) bond motifs is 2. The van der Waals surface area contributed by atoms with Gasteiger partial charge in [-0.15, -0.1) is 0 Å². The molecule has 0 saturated heterocycles. The number of aromatic amines is 1. The number of carbonyl (C=O) groups is 1. The molecule has 9 nitrogen and oxygen atoms in total. The van der Waals surface area contributed by atoms with E-state index in [1.54, 1.807) is 47.6 Å². The van der Waals surface area contributed by atoms with Crippen LogP contribution in [0.25, 0.3) is 27.7 Å². The van der Waals surface area contributed by atoms with E-state index in [1.807, 2.05) is 12.1 Å². The van der Waals surface area contributed by atoms with Gasteiger partial charge in [0, 0.05) is 42.3 Å². The zero-order valence-corrected chi connectivity index (χ0v) is 18.7. The largest absolute Gasteiger partial charge is 0.396 e. The van der Waals surface area contributed by atoms with Gasteiger partial charge in [0.05, 0.1) is 34.6 Å². The normalized spacial score (nSPS) is 14.8. The van der Waals surface area contributed by atoms with Crippen molar-refractivity contribution < 1.29 is 18.0 Å². The number of hydrogen-bond acceptors (Lipinski definition) is 6. The van der Waals surface area contributed by atoms with Crippen LogP contribution in [0.15, 0.2) is 61.4 Å². The zero-order valence-electron chi connectivity index (χ0n) is 18.7. The molecule has 6 rings (SSSR count). The second-order valence-electron chi connectivity index (χ2n) is 8.79. The van der Waals surface area contributed by atoms with Crippen LogP contribution in [0.5, 0.6) is 0 Å². The smallest absolute Gasteiger partial charge is 0.353 e. The van der Waals surface area contributed by atoms with Crippen LogP contribution in [-0.4, -0.2) is 48.2 Å². The van der Waals surface area contributed by atoms with Crippen molar-refractivity contribution >= 4 is 34.1 Å². The molecule has 5 aromatic heterocycles. The van der Waals surface area contributed by atoms with E-state index in [4.69, 9.17) is 0 Å². The maximum Gasteiger partial charge on any atom is 0.396 e. The van der Waals surface area contributed by atoms with Gasteiger partial charge in [-0.25, -0.2) is 9.50 Å². The van der Waals surface area contributed by atoms with Crippen LogP contribution < -0.4 is 10.6 Å². The van der Waals surface area contributed by atoms with Crippen molar-refractivity contribution in [1.82, 2.24) is 29.5 Å². The molecule has 5 heterocycles. The fourth-order valence-corrected chi connectivity index (χ4v) is 4.15. The van der Waals surface area contributed by atoms with Crippen molar-refractivity contribution in [2.75, 3.05) is 17.2 Å². The van der Waals surface area contributed by atoms with Gasteiger partial charge in [0.1, 0.15) is 5.65 Å². The molecule has 1 aliphatic carbocycles. The van der Waals surface area contributed by atoms with Crippen LogP contribution in [-0.2, 0) is 0 Å². The van der Waals surface area contributed by atoms with E-state index in [0.717, 1.165) is 11.1 Å². The lowest BCUT2D eigenvalue weighted by Crippen LogP contribution is -2.31. The van der Waals surface area contributed by atoms with E-state index in [-0.39, 0.29) is 31.2 Å². The standard InChI is InChI=1S/C24H19F3N8O/c25-24(26,27)23(4-5-23)13-31-22-30-11-17-16(10-29-20(17)34-22)14-3-7-35-19(8-14)18(12-32-35)21(36)33-15-2-1-6-28-9-15/h1-3,6-12H,4-5,13H2,(H,33,36)(H2,29,30,31,34). The van der Waals surface area contributed by atoms with E-state index in [1.165, 1.54) is 6.20 Å². The molecule has 1 aliphatic rings. The maximum absolute atomic E-state index is 13.2. The lowest BCUT2D eigenvalue weighted by Gasteiger charge is -2.19. The SMILES string of the molecule is O=C(Nc1cccnc1)c1cnn2ccc(-c3c[nH]c4nc(NCC5(C(F)(F)F)CC5)ncc34)cc12.